The van der Waals surface area contributed by atoms with Crippen LogP contribution in [0.1, 0.15) is 29.8 Å². The van der Waals surface area contributed by atoms with Crippen LogP contribution in [0.5, 0.6) is 11.5 Å². The van der Waals surface area contributed by atoms with Crippen molar-refractivity contribution in [3.8, 4) is 11.5 Å². The second-order valence-electron chi connectivity index (χ2n) is 4.44. The number of aromatic nitrogens is 2. The third kappa shape index (κ3) is 3.72. The normalized spacial score (nSPS) is 11.0. The Balaban J connectivity index is 2.13. The maximum atomic E-state index is 12.0. The van der Waals surface area contributed by atoms with Crippen molar-refractivity contribution in [1.82, 2.24) is 9.78 Å². The van der Waals surface area contributed by atoms with Gasteiger partial charge in [0.2, 0.25) is 0 Å². The third-order valence-corrected chi connectivity index (χ3v) is 2.95. The van der Waals surface area contributed by atoms with Crippen LogP contribution in [0.2, 0.25) is 0 Å². The van der Waals surface area contributed by atoms with Gasteiger partial charge in [-0.1, -0.05) is 12.1 Å². The fraction of sp³-hybridized carbons (Fsp3) is 0.250. The highest BCUT2D eigenvalue weighted by Crippen LogP contribution is 2.27. The molecule has 0 aliphatic heterocycles. The van der Waals surface area contributed by atoms with E-state index in [2.05, 4.69) is 5.10 Å². The Morgan fingerprint density at radius 3 is 2.90 bits per heavy atom. The number of nitrogens with zero attached hydrogens (tertiary/aromatic N) is 2. The van der Waals surface area contributed by atoms with Gasteiger partial charge in [0.15, 0.2) is 17.3 Å². The second-order valence-corrected chi connectivity index (χ2v) is 4.44. The molecule has 5 nitrogen and oxygen atoms in total. The van der Waals surface area contributed by atoms with Gasteiger partial charge in [-0.15, -0.1) is 0 Å². The van der Waals surface area contributed by atoms with E-state index in [0.29, 0.717) is 17.9 Å². The lowest BCUT2D eigenvalue weighted by Crippen LogP contribution is -1.94. The zero-order valence-corrected chi connectivity index (χ0v) is 12.1. The van der Waals surface area contributed by atoms with Crippen molar-refractivity contribution in [2.45, 2.75) is 20.4 Å². The minimum Gasteiger partial charge on any atom is -0.504 e. The van der Waals surface area contributed by atoms with Gasteiger partial charge in [0, 0.05) is 12.7 Å². The SMILES string of the molecule is CCOc1cc(C=CC(=O)c2cnn(CC)c2)ccc1O. The van der Waals surface area contributed by atoms with Crippen LogP contribution in [0, 0.1) is 0 Å². The molecule has 2 aromatic rings. The quantitative estimate of drug-likeness (QED) is 0.655. The Bertz CT molecular complexity index is 659. The zero-order chi connectivity index (χ0) is 15.2. The summed E-state index contributed by atoms with van der Waals surface area (Å²) in [6, 6.07) is 4.96. The predicted molar refractivity (Wildman–Crippen MR) is 80.5 cm³/mol. The summed E-state index contributed by atoms with van der Waals surface area (Å²) in [6.07, 6.45) is 6.44. The van der Waals surface area contributed by atoms with E-state index >= 15 is 0 Å². The van der Waals surface area contributed by atoms with Crippen molar-refractivity contribution in [2.24, 2.45) is 0 Å². The molecule has 1 heterocycles. The minimum atomic E-state index is -0.110. The fourth-order valence-electron chi connectivity index (χ4n) is 1.84. The van der Waals surface area contributed by atoms with E-state index < -0.39 is 0 Å². The van der Waals surface area contributed by atoms with Crippen LogP contribution in [0.25, 0.3) is 6.08 Å². The van der Waals surface area contributed by atoms with Gasteiger partial charge in [0.25, 0.3) is 0 Å². The highest BCUT2D eigenvalue weighted by molar-refractivity contribution is 6.06. The highest BCUT2D eigenvalue weighted by Gasteiger charge is 2.05. The maximum absolute atomic E-state index is 12.0. The largest absolute Gasteiger partial charge is 0.504 e. The molecule has 5 heteroatoms. The predicted octanol–water partition coefficient (Wildman–Crippen LogP) is 2.90. The molecule has 0 radical (unpaired) electrons. The lowest BCUT2D eigenvalue weighted by atomic mass is 10.1. The van der Waals surface area contributed by atoms with E-state index in [-0.39, 0.29) is 11.5 Å². The number of ketones is 1. The molecule has 0 amide bonds. The highest BCUT2D eigenvalue weighted by atomic mass is 16.5. The van der Waals surface area contributed by atoms with Gasteiger partial charge in [-0.2, -0.15) is 5.10 Å². The van der Waals surface area contributed by atoms with Crippen molar-refractivity contribution in [3.63, 3.8) is 0 Å². The third-order valence-electron chi connectivity index (χ3n) is 2.95. The van der Waals surface area contributed by atoms with Crippen LogP contribution >= 0.6 is 0 Å². The Morgan fingerprint density at radius 1 is 1.43 bits per heavy atom. The summed E-state index contributed by atoms with van der Waals surface area (Å²) < 4.78 is 7.01. The Hall–Kier alpha value is -2.56. The molecule has 1 N–H and O–H groups in total. The number of hydrogen-bond donors (Lipinski definition) is 1. The van der Waals surface area contributed by atoms with Crippen LogP contribution in [0.3, 0.4) is 0 Å². The van der Waals surface area contributed by atoms with Crippen molar-refractivity contribution in [2.75, 3.05) is 6.61 Å². The van der Waals surface area contributed by atoms with Crippen molar-refractivity contribution in [3.05, 3.63) is 47.8 Å². The number of hydrogen-bond acceptors (Lipinski definition) is 4. The molecule has 0 fully saturated rings. The standard InChI is InChI=1S/C16H18N2O3/c1-3-18-11-13(10-17-18)14(19)7-5-12-6-8-15(20)16(9-12)21-4-2/h5-11,20H,3-4H2,1-2H3. The van der Waals surface area contributed by atoms with Gasteiger partial charge in [0.05, 0.1) is 18.4 Å². The van der Waals surface area contributed by atoms with Gasteiger partial charge >= 0.3 is 0 Å². The van der Waals surface area contributed by atoms with Gasteiger partial charge < -0.3 is 9.84 Å². The lowest BCUT2D eigenvalue weighted by Gasteiger charge is -2.06. The summed E-state index contributed by atoms with van der Waals surface area (Å²) in [5.41, 5.74) is 1.34. The summed E-state index contributed by atoms with van der Waals surface area (Å²) in [6.45, 7) is 5.00. The molecule has 0 aliphatic rings. The first-order chi connectivity index (χ1) is 10.1. The molecule has 0 unspecified atom stereocenters. The van der Waals surface area contributed by atoms with Gasteiger partial charge in [0.1, 0.15) is 0 Å². The average Bonchev–Trinajstić information content (AvgIpc) is 2.97. The maximum Gasteiger partial charge on any atom is 0.189 e. The van der Waals surface area contributed by atoms with Crippen LogP contribution in [0.4, 0.5) is 0 Å². The van der Waals surface area contributed by atoms with Crippen molar-refractivity contribution >= 4 is 11.9 Å². The molecule has 0 saturated carbocycles. The summed E-state index contributed by atoms with van der Waals surface area (Å²) in [4.78, 5) is 12.0. The second kappa shape index (κ2) is 6.74. The summed E-state index contributed by atoms with van der Waals surface area (Å²) in [5.74, 6) is 0.385. The Kier molecular flexibility index (Phi) is 4.77. The number of allylic oxidation sites excluding steroid dienone is 1. The molecule has 0 spiro atoms. The zero-order valence-electron chi connectivity index (χ0n) is 12.1. The van der Waals surface area contributed by atoms with Gasteiger partial charge in [-0.05, 0) is 37.6 Å². The van der Waals surface area contributed by atoms with Crippen LogP contribution in [-0.4, -0.2) is 27.3 Å². The van der Waals surface area contributed by atoms with Crippen LogP contribution in [0.15, 0.2) is 36.7 Å². The molecule has 2 rings (SSSR count). The number of benzene rings is 1. The lowest BCUT2D eigenvalue weighted by molar-refractivity contribution is 0.104. The number of aromatic hydroxyl groups is 1. The van der Waals surface area contributed by atoms with E-state index in [0.717, 1.165) is 12.1 Å². The van der Waals surface area contributed by atoms with E-state index in [4.69, 9.17) is 4.74 Å². The first-order valence-electron chi connectivity index (χ1n) is 6.84. The summed E-state index contributed by atoms with van der Waals surface area (Å²) in [7, 11) is 0. The topological polar surface area (TPSA) is 64.3 Å². The smallest absolute Gasteiger partial charge is 0.189 e. The number of rotatable bonds is 6. The average molecular weight is 286 g/mol. The summed E-state index contributed by atoms with van der Waals surface area (Å²) in [5, 5.41) is 13.7. The van der Waals surface area contributed by atoms with E-state index in [1.807, 2.05) is 13.8 Å². The van der Waals surface area contributed by atoms with E-state index in [9.17, 15) is 9.90 Å². The Morgan fingerprint density at radius 2 is 2.24 bits per heavy atom. The number of carbonyl (C=O) groups is 1. The molecule has 0 bridgehead atoms. The van der Waals surface area contributed by atoms with Crippen LogP contribution in [-0.2, 0) is 6.54 Å². The Labute approximate surface area is 123 Å². The number of aryl methyl sites for hydroxylation is 1. The van der Waals surface area contributed by atoms with Gasteiger partial charge in [-0.25, -0.2) is 0 Å². The molecular weight excluding hydrogens is 268 g/mol. The minimum absolute atomic E-state index is 0.0875. The van der Waals surface area contributed by atoms with Crippen molar-refractivity contribution < 1.29 is 14.6 Å². The number of phenolic OH excluding ortho intramolecular Hbond substituents is 1. The van der Waals surface area contributed by atoms with E-state index in [1.165, 1.54) is 6.08 Å². The molecule has 21 heavy (non-hydrogen) atoms. The molecule has 0 saturated heterocycles. The van der Waals surface area contributed by atoms with Gasteiger partial charge in [-0.3, -0.25) is 9.48 Å². The molecule has 0 aliphatic carbocycles. The molecule has 0 atom stereocenters. The van der Waals surface area contributed by atoms with Crippen LogP contribution < -0.4 is 4.74 Å². The molecule has 1 aromatic carbocycles. The number of phenols is 1. The molecule has 1 aromatic heterocycles. The molecule has 110 valence electrons. The first-order valence-corrected chi connectivity index (χ1v) is 6.84. The monoisotopic (exact) mass is 286 g/mol. The first kappa shape index (κ1) is 14.8. The summed E-state index contributed by atoms with van der Waals surface area (Å²) >= 11 is 0. The number of ether oxygens (including phenoxy) is 1. The van der Waals surface area contributed by atoms with E-state index in [1.54, 1.807) is 41.4 Å². The number of carbonyl (C=O) groups excluding carboxylic acids is 1. The van der Waals surface area contributed by atoms with Crippen molar-refractivity contribution in [1.29, 1.82) is 0 Å². The fourth-order valence-corrected chi connectivity index (χ4v) is 1.84. The molecular formula is C16H18N2O3.